The lowest BCUT2D eigenvalue weighted by atomic mass is 10.0. The number of hydrogen-bond acceptors (Lipinski definition) is 3. The molecule has 4 rings (SSSR count). The van der Waals surface area contributed by atoms with Crippen molar-refractivity contribution in [2.45, 2.75) is 27.4 Å². The maximum absolute atomic E-state index is 12.0. The van der Waals surface area contributed by atoms with Crippen molar-refractivity contribution in [2.24, 2.45) is 0 Å². The van der Waals surface area contributed by atoms with Gasteiger partial charge in [-0.1, -0.05) is 42.5 Å². The van der Waals surface area contributed by atoms with Gasteiger partial charge in [-0.25, -0.2) is 4.79 Å². The minimum Gasteiger partial charge on any atom is -0.488 e. The van der Waals surface area contributed by atoms with Gasteiger partial charge in [0.05, 0.1) is 0 Å². The van der Waals surface area contributed by atoms with E-state index in [1.807, 2.05) is 44.2 Å². The van der Waals surface area contributed by atoms with Crippen LogP contribution in [0.5, 0.6) is 5.75 Å². The van der Waals surface area contributed by atoms with Crippen LogP contribution in [0.3, 0.4) is 0 Å². The predicted molar refractivity (Wildman–Crippen MR) is 105 cm³/mol. The molecule has 4 aromatic rings. The monoisotopic (exact) mass is 344 g/mol. The molecule has 0 spiro atoms. The topological polar surface area (TPSA) is 39.4 Å². The third-order valence-corrected chi connectivity index (χ3v) is 5.09. The average molecular weight is 344 g/mol. The van der Waals surface area contributed by atoms with Crippen molar-refractivity contribution in [2.75, 3.05) is 0 Å². The largest absolute Gasteiger partial charge is 0.488 e. The molecular formula is C23H20O3. The fourth-order valence-electron chi connectivity index (χ4n) is 3.35. The zero-order valence-electron chi connectivity index (χ0n) is 15.1. The number of aryl methyl sites for hydroxylation is 2. The zero-order valence-corrected chi connectivity index (χ0v) is 15.1. The number of ether oxygens (including phenoxy) is 1. The van der Waals surface area contributed by atoms with Gasteiger partial charge in [0.15, 0.2) is 0 Å². The van der Waals surface area contributed by atoms with E-state index >= 15 is 0 Å². The van der Waals surface area contributed by atoms with Gasteiger partial charge in [-0.15, -0.1) is 0 Å². The number of fused-ring (bicyclic) bond motifs is 2. The molecule has 0 saturated carbocycles. The van der Waals surface area contributed by atoms with Crippen LogP contribution in [0.4, 0.5) is 0 Å². The van der Waals surface area contributed by atoms with Crippen LogP contribution in [0.2, 0.25) is 0 Å². The van der Waals surface area contributed by atoms with Crippen molar-refractivity contribution in [1.82, 2.24) is 0 Å². The van der Waals surface area contributed by atoms with Gasteiger partial charge in [0.25, 0.3) is 0 Å². The summed E-state index contributed by atoms with van der Waals surface area (Å²) < 4.78 is 11.6. The van der Waals surface area contributed by atoms with Crippen LogP contribution in [0, 0.1) is 20.8 Å². The lowest BCUT2D eigenvalue weighted by Gasteiger charge is -2.13. The summed E-state index contributed by atoms with van der Waals surface area (Å²) in [6.45, 7) is 6.13. The Hall–Kier alpha value is -3.07. The molecule has 1 heterocycles. The average Bonchev–Trinajstić information content (AvgIpc) is 2.66. The third kappa shape index (κ3) is 2.66. The van der Waals surface area contributed by atoms with Crippen LogP contribution in [0.15, 0.2) is 63.8 Å². The fraction of sp³-hybridized carbons (Fsp3) is 0.174. The molecule has 130 valence electrons. The van der Waals surface area contributed by atoms with Crippen molar-refractivity contribution >= 4 is 21.7 Å². The van der Waals surface area contributed by atoms with Gasteiger partial charge in [-0.05, 0) is 54.8 Å². The Kier molecular flexibility index (Phi) is 4.00. The second kappa shape index (κ2) is 6.34. The van der Waals surface area contributed by atoms with E-state index in [2.05, 4.69) is 24.3 Å². The molecule has 0 saturated heterocycles. The first-order chi connectivity index (χ1) is 12.6. The van der Waals surface area contributed by atoms with E-state index in [4.69, 9.17) is 9.15 Å². The molecule has 0 fully saturated rings. The molecule has 0 atom stereocenters. The molecule has 1 aromatic heterocycles. The Morgan fingerprint density at radius 1 is 0.808 bits per heavy atom. The van der Waals surface area contributed by atoms with Crippen LogP contribution in [0.1, 0.15) is 22.3 Å². The Morgan fingerprint density at radius 3 is 2.42 bits per heavy atom. The molecule has 3 nitrogen and oxygen atoms in total. The van der Waals surface area contributed by atoms with Crippen LogP contribution >= 0.6 is 0 Å². The van der Waals surface area contributed by atoms with Gasteiger partial charge in [-0.2, -0.15) is 0 Å². The Morgan fingerprint density at radius 2 is 1.58 bits per heavy atom. The lowest BCUT2D eigenvalue weighted by molar-refractivity contribution is 0.305. The minimum absolute atomic E-state index is 0.288. The summed E-state index contributed by atoms with van der Waals surface area (Å²) >= 11 is 0. The molecule has 0 bridgehead atoms. The molecular weight excluding hydrogens is 324 g/mol. The van der Waals surface area contributed by atoms with Crippen LogP contribution in [-0.2, 0) is 6.61 Å². The van der Waals surface area contributed by atoms with Gasteiger partial charge in [0, 0.05) is 16.5 Å². The molecule has 0 unspecified atom stereocenters. The number of benzene rings is 3. The first-order valence-corrected chi connectivity index (χ1v) is 8.69. The standard InChI is InChI=1S/C23H20O3/c1-14-15(2)23(24)26-22-16(3)21(12-11-19(14)22)25-13-18-9-6-8-17-7-4-5-10-20(17)18/h4-12H,13H2,1-3H3. The van der Waals surface area contributed by atoms with Crippen molar-refractivity contribution in [3.63, 3.8) is 0 Å². The highest BCUT2D eigenvalue weighted by molar-refractivity contribution is 5.86. The first kappa shape index (κ1) is 16.4. The number of hydrogen-bond donors (Lipinski definition) is 0. The summed E-state index contributed by atoms with van der Waals surface area (Å²) in [7, 11) is 0. The van der Waals surface area contributed by atoms with Gasteiger partial charge >= 0.3 is 5.63 Å². The van der Waals surface area contributed by atoms with Crippen molar-refractivity contribution < 1.29 is 9.15 Å². The van der Waals surface area contributed by atoms with Crippen molar-refractivity contribution in [3.8, 4) is 5.75 Å². The summed E-state index contributed by atoms with van der Waals surface area (Å²) in [5.41, 5.74) is 3.91. The van der Waals surface area contributed by atoms with Crippen LogP contribution in [-0.4, -0.2) is 0 Å². The normalized spacial score (nSPS) is 11.2. The van der Waals surface area contributed by atoms with Gasteiger partial charge in [-0.3, -0.25) is 0 Å². The van der Waals surface area contributed by atoms with Gasteiger partial charge in [0.1, 0.15) is 17.9 Å². The van der Waals surface area contributed by atoms with E-state index in [0.29, 0.717) is 17.8 Å². The van der Waals surface area contributed by atoms with E-state index in [-0.39, 0.29) is 5.63 Å². The molecule has 0 amide bonds. The van der Waals surface area contributed by atoms with E-state index in [0.717, 1.165) is 27.8 Å². The number of rotatable bonds is 3. The molecule has 26 heavy (non-hydrogen) atoms. The quantitative estimate of drug-likeness (QED) is 0.464. The summed E-state index contributed by atoms with van der Waals surface area (Å²) in [6.07, 6.45) is 0. The van der Waals surface area contributed by atoms with E-state index < -0.39 is 0 Å². The van der Waals surface area contributed by atoms with Gasteiger partial charge < -0.3 is 9.15 Å². The SMILES string of the molecule is Cc1c(C)c2ccc(OCc3cccc4ccccc34)c(C)c2oc1=O. The molecule has 0 radical (unpaired) electrons. The third-order valence-electron chi connectivity index (χ3n) is 5.09. The maximum atomic E-state index is 12.0. The summed E-state index contributed by atoms with van der Waals surface area (Å²) in [5, 5.41) is 3.34. The Balaban J connectivity index is 1.73. The molecule has 0 N–H and O–H groups in total. The van der Waals surface area contributed by atoms with Crippen LogP contribution < -0.4 is 10.4 Å². The predicted octanol–water partition coefficient (Wildman–Crippen LogP) is 5.45. The fourth-order valence-corrected chi connectivity index (χ4v) is 3.35. The minimum atomic E-state index is -0.288. The second-order valence-electron chi connectivity index (χ2n) is 6.63. The molecule has 0 aliphatic rings. The van der Waals surface area contributed by atoms with Crippen molar-refractivity contribution in [1.29, 1.82) is 0 Å². The Labute approximate surface area is 151 Å². The smallest absolute Gasteiger partial charge is 0.339 e. The Bertz CT molecular complexity index is 1180. The molecule has 3 aromatic carbocycles. The highest BCUT2D eigenvalue weighted by Crippen LogP contribution is 2.30. The molecule has 3 heteroatoms. The summed E-state index contributed by atoms with van der Waals surface area (Å²) in [4.78, 5) is 12.0. The lowest BCUT2D eigenvalue weighted by Crippen LogP contribution is -2.07. The highest BCUT2D eigenvalue weighted by atomic mass is 16.5. The van der Waals surface area contributed by atoms with Crippen molar-refractivity contribution in [3.05, 3.63) is 87.3 Å². The van der Waals surface area contributed by atoms with E-state index in [1.165, 1.54) is 10.8 Å². The maximum Gasteiger partial charge on any atom is 0.339 e. The first-order valence-electron chi connectivity index (χ1n) is 8.69. The second-order valence-corrected chi connectivity index (χ2v) is 6.63. The zero-order chi connectivity index (χ0) is 18.3. The van der Waals surface area contributed by atoms with E-state index in [1.54, 1.807) is 6.92 Å². The molecule has 0 aliphatic carbocycles. The van der Waals surface area contributed by atoms with Crippen LogP contribution in [0.25, 0.3) is 21.7 Å². The summed E-state index contributed by atoms with van der Waals surface area (Å²) in [5.74, 6) is 0.733. The van der Waals surface area contributed by atoms with Gasteiger partial charge in [0.2, 0.25) is 0 Å². The molecule has 0 aliphatic heterocycles. The summed E-state index contributed by atoms with van der Waals surface area (Å²) in [6, 6.07) is 18.4. The van der Waals surface area contributed by atoms with E-state index in [9.17, 15) is 4.79 Å². The highest BCUT2D eigenvalue weighted by Gasteiger charge is 2.13.